The van der Waals surface area contributed by atoms with Crippen molar-refractivity contribution in [3.8, 4) is 0 Å². The maximum Gasteiger partial charge on any atom is 0.184 e. The summed E-state index contributed by atoms with van der Waals surface area (Å²) in [7, 11) is 0. The monoisotopic (exact) mass is 228 g/mol. The molecular weight excluding hydrogens is 215 g/mol. The molecule has 0 fully saturated rings. The Hall–Kier alpha value is -1.96. The zero-order chi connectivity index (χ0) is 12.4. The third kappa shape index (κ3) is 2.41. The minimum absolute atomic E-state index is 0.0516. The van der Waals surface area contributed by atoms with Gasteiger partial charge in [-0.2, -0.15) is 0 Å². The van der Waals surface area contributed by atoms with Crippen molar-refractivity contribution < 1.29 is 9.18 Å². The van der Waals surface area contributed by atoms with E-state index in [2.05, 4.69) is 0 Å². The molecule has 0 saturated heterocycles. The molecule has 0 amide bonds. The molecule has 1 aromatic rings. The Morgan fingerprint density at radius 1 is 1.06 bits per heavy atom. The molecule has 0 bridgehead atoms. The smallest absolute Gasteiger partial charge is 0.184 e. The molecule has 1 nitrogen and oxygen atoms in total. The molecule has 0 atom stereocenters. The summed E-state index contributed by atoms with van der Waals surface area (Å²) in [6.45, 7) is 3.54. The number of Topliss-reactive ketones (excluding diaryl/α,β-unsaturated/α-hetero) is 1. The van der Waals surface area contributed by atoms with Crippen molar-refractivity contribution in [3.63, 3.8) is 0 Å². The first kappa shape index (κ1) is 11.5. The van der Waals surface area contributed by atoms with Crippen LogP contribution in [0.3, 0.4) is 0 Å². The van der Waals surface area contributed by atoms with Gasteiger partial charge in [-0.15, -0.1) is 0 Å². The van der Waals surface area contributed by atoms with Gasteiger partial charge in [-0.1, -0.05) is 18.2 Å². The first-order valence-corrected chi connectivity index (χ1v) is 5.45. The van der Waals surface area contributed by atoms with E-state index in [1.807, 2.05) is 0 Å². The number of carbonyl (C=O) groups excluding carboxylic acids is 1. The number of allylic oxidation sites excluding steroid dienone is 5. The summed E-state index contributed by atoms with van der Waals surface area (Å²) < 4.78 is 13.5. The van der Waals surface area contributed by atoms with Crippen LogP contribution in [0, 0.1) is 5.82 Å². The van der Waals surface area contributed by atoms with Gasteiger partial charge in [0, 0.05) is 5.56 Å². The highest BCUT2D eigenvalue weighted by molar-refractivity contribution is 6.09. The van der Waals surface area contributed by atoms with E-state index in [0.717, 1.165) is 5.57 Å². The Morgan fingerprint density at radius 3 is 2.24 bits per heavy atom. The molecule has 2 rings (SSSR count). The summed E-state index contributed by atoms with van der Waals surface area (Å²) in [4.78, 5) is 11.6. The van der Waals surface area contributed by atoms with Gasteiger partial charge in [0.25, 0.3) is 0 Å². The summed E-state index contributed by atoms with van der Waals surface area (Å²) >= 11 is 0. The topological polar surface area (TPSA) is 17.1 Å². The van der Waals surface area contributed by atoms with Gasteiger partial charge in [-0.3, -0.25) is 4.79 Å². The fraction of sp³-hybridized carbons (Fsp3) is 0.133. The standard InChI is InChI=1S/C15H13FO/c1-10-7-12(8-11(2)15(10)17)9-13-5-3-4-6-14(13)16/h3-9H,1-2H3. The van der Waals surface area contributed by atoms with Crippen LogP contribution in [0.1, 0.15) is 19.4 Å². The van der Waals surface area contributed by atoms with Crippen LogP contribution in [0.25, 0.3) is 6.08 Å². The Bertz CT molecular complexity index is 538. The molecule has 0 N–H and O–H groups in total. The maximum absolute atomic E-state index is 13.5. The summed E-state index contributed by atoms with van der Waals surface area (Å²) in [5.74, 6) is -0.204. The quantitative estimate of drug-likeness (QED) is 0.716. The van der Waals surface area contributed by atoms with Crippen LogP contribution in [0.15, 0.2) is 53.1 Å². The number of benzene rings is 1. The number of carbonyl (C=O) groups is 1. The minimum atomic E-state index is -0.256. The van der Waals surface area contributed by atoms with Crippen molar-refractivity contribution in [2.24, 2.45) is 0 Å². The Morgan fingerprint density at radius 2 is 1.65 bits per heavy atom. The predicted molar refractivity (Wildman–Crippen MR) is 66.9 cm³/mol. The van der Waals surface area contributed by atoms with Crippen LogP contribution in [-0.2, 0) is 4.79 Å². The highest BCUT2D eigenvalue weighted by Gasteiger charge is 2.12. The van der Waals surface area contributed by atoms with E-state index in [1.54, 1.807) is 50.3 Å². The van der Waals surface area contributed by atoms with E-state index >= 15 is 0 Å². The average molecular weight is 228 g/mol. The second kappa shape index (κ2) is 4.50. The van der Waals surface area contributed by atoms with Crippen molar-refractivity contribution in [1.82, 2.24) is 0 Å². The highest BCUT2D eigenvalue weighted by Crippen LogP contribution is 2.21. The molecule has 17 heavy (non-hydrogen) atoms. The summed E-state index contributed by atoms with van der Waals surface area (Å²) in [5.41, 5.74) is 2.76. The van der Waals surface area contributed by atoms with Gasteiger partial charge in [0.2, 0.25) is 0 Å². The third-order valence-corrected chi connectivity index (χ3v) is 2.71. The molecule has 0 spiro atoms. The van der Waals surface area contributed by atoms with Crippen molar-refractivity contribution >= 4 is 11.9 Å². The molecule has 0 radical (unpaired) electrons. The summed E-state index contributed by atoms with van der Waals surface area (Å²) in [5, 5.41) is 0. The van der Waals surface area contributed by atoms with Crippen molar-refractivity contribution in [2.75, 3.05) is 0 Å². The molecule has 2 heteroatoms. The van der Waals surface area contributed by atoms with Crippen molar-refractivity contribution in [1.29, 1.82) is 0 Å². The van der Waals surface area contributed by atoms with Gasteiger partial charge < -0.3 is 0 Å². The largest absolute Gasteiger partial charge is 0.289 e. The van der Waals surface area contributed by atoms with Crippen LogP contribution in [-0.4, -0.2) is 5.78 Å². The van der Waals surface area contributed by atoms with Gasteiger partial charge in [0.1, 0.15) is 5.82 Å². The predicted octanol–water partition coefficient (Wildman–Crippen LogP) is 3.68. The molecule has 0 saturated carbocycles. The molecule has 1 aliphatic rings. The lowest BCUT2D eigenvalue weighted by Crippen LogP contribution is -2.05. The second-order valence-electron chi connectivity index (χ2n) is 4.15. The van der Waals surface area contributed by atoms with Gasteiger partial charge in [0.05, 0.1) is 0 Å². The number of rotatable bonds is 1. The van der Waals surface area contributed by atoms with Crippen LogP contribution in [0.5, 0.6) is 0 Å². The van der Waals surface area contributed by atoms with Gasteiger partial charge in [0.15, 0.2) is 5.78 Å². The van der Waals surface area contributed by atoms with Crippen molar-refractivity contribution in [3.05, 3.63) is 64.5 Å². The number of hydrogen-bond donors (Lipinski definition) is 0. The van der Waals surface area contributed by atoms with E-state index in [4.69, 9.17) is 0 Å². The SMILES string of the molecule is CC1=CC(=Cc2ccccc2F)C=C(C)C1=O. The van der Waals surface area contributed by atoms with Crippen LogP contribution >= 0.6 is 0 Å². The van der Waals surface area contributed by atoms with E-state index in [0.29, 0.717) is 16.7 Å². The second-order valence-corrected chi connectivity index (χ2v) is 4.15. The van der Waals surface area contributed by atoms with Crippen LogP contribution in [0.4, 0.5) is 4.39 Å². The zero-order valence-electron chi connectivity index (χ0n) is 9.83. The van der Waals surface area contributed by atoms with E-state index in [-0.39, 0.29) is 11.6 Å². The molecule has 0 unspecified atom stereocenters. The Labute approximate surface area is 100.0 Å². The fourth-order valence-corrected chi connectivity index (χ4v) is 1.84. The zero-order valence-corrected chi connectivity index (χ0v) is 9.83. The fourth-order valence-electron chi connectivity index (χ4n) is 1.84. The molecule has 86 valence electrons. The third-order valence-electron chi connectivity index (χ3n) is 2.71. The van der Waals surface area contributed by atoms with E-state index in [9.17, 15) is 9.18 Å². The van der Waals surface area contributed by atoms with Gasteiger partial charge in [-0.05, 0) is 54.9 Å². The Kier molecular flexibility index (Phi) is 3.05. The molecular formula is C15H13FO. The Balaban J connectivity index is 2.43. The number of ketones is 1. The molecule has 0 aromatic heterocycles. The van der Waals surface area contributed by atoms with Gasteiger partial charge in [-0.25, -0.2) is 4.39 Å². The van der Waals surface area contributed by atoms with Gasteiger partial charge >= 0.3 is 0 Å². The molecule has 1 aliphatic carbocycles. The van der Waals surface area contributed by atoms with E-state index < -0.39 is 0 Å². The summed E-state index contributed by atoms with van der Waals surface area (Å²) in [6, 6.07) is 6.58. The first-order chi connectivity index (χ1) is 8.08. The lowest BCUT2D eigenvalue weighted by Gasteiger charge is -2.09. The molecule has 1 aromatic carbocycles. The molecule has 0 heterocycles. The lowest BCUT2D eigenvalue weighted by atomic mass is 9.94. The normalized spacial score (nSPS) is 15.5. The minimum Gasteiger partial charge on any atom is -0.289 e. The van der Waals surface area contributed by atoms with E-state index in [1.165, 1.54) is 6.07 Å². The lowest BCUT2D eigenvalue weighted by molar-refractivity contribution is -0.112. The maximum atomic E-state index is 13.5. The first-order valence-electron chi connectivity index (χ1n) is 5.45. The van der Waals surface area contributed by atoms with Crippen LogP contribution < -0.4 is 0 Å². The molecule has 0 aliphatic heterocycles. The number of hydrogen-bond acceptors (Lipinski definition) is 1. The van der Waals surface area contributed by atoms with Crippen molar-refractivity contribution in [2.45, 2.75) is 13.8 Å². The number of halogens is 1. The highest BCUT2D eigenvalue weighted by atomic mass is 19.1. The van der Waals surface area contributed by atoms with Crippen LogP contribution in [0.2, 0.25) is 0 Å². The summed E-state index contributed by atoms with van der Waals surface area (Å²) in [6.07, 6.45) is 5.30. The average Bonchev–Trinajstić information content (AvgIpc) is 2.29.